The highest BCUT2D eigenvalue weighted by Gasteiger charge is 2.03. The van der Waals surface area contributed by atoms with Crippen molar-refractivity contribution in [1.29, 1.82) is 0 Å². The predicted octanol–water partition coefficient (Wildman–Crippen LogP) is 3.09. The van der Waals surface area contributed by atoms with Gasteiger partial charge >= 0.3 is 0 Å². The van der Waals surface area contributed by atoms with Crippen LogP contribution in [0, 0.1) is 10.5 Å². The summed E-state index contributed by atoms with van der Waals surface area (Å²) in [6.07, 6.45) is 2.11. The molecule has 0 atom stereocenters. The Balaban J connectivity index is 2.98. The highest BCUT2D eigenvalue weighted by Crippen LogP contribution is 2.23. The van der Waals surface area contributed by atoms with Gasteiger partial charge in [-0.05, 0) is 47.2 Å². The first-order valence-corrected chi connectivity index (χ1v) is 4.98. The molecule has 0 aliphatic heterocycles. The molecule has 0 saturated carbocycles. The highest BCUT2D eigenvalue weighted by molar-refractivity contribution is 14.1. The summed E-state index contributed by atoms with van der Waals surface area (Å²) in [6, 6.07) is 6.51. The van der Waals surface area contributed by atoms with Crippen molar-refractivity contribution in [2.75, 3.05) is 0 Å². The van der Waals surface area contributed by atoms with Gasteiger partial charge in [0.05, 0.1) is 5.52 Å². The van der Waals surface area contributed by atoms with E-state index in [1.54, 1.807) is 0 Å². The molecule has 0 radical (unpaired) electrons. The van der Waals surface area contributed by atoms with Crippen LogP contribution in [0.4, 0.5) is 0 Å². The molecule has 0 fully saturated rings. The molecule has 1 heterocycles. The predicted molar refractivity (Wildman–Crippen MR) is 60.4 cm³/mol. The molecule has 2 aromatic rings. The van der Waals surface area contributed by atoms with E-state index in [1.807, 2.05) is 0 Å². The Labute approximate surface area is 85.5 Å². The van der Waals surface area contributed by atoms with Crippen LogP contribution in [-0.2, 0) is 7.05 Å². The summed E-state index contributed by atoms with van der Waals surface area (Å²) >= 11 is 2.37. The van der Waals surface area contributed by atoms with Crippen molar-refractivity contribution in [1.82, 2.24) is 4.57 Å². The minimum Gasteiger partial charge on any atom is -0.350 e. The standard InChI is InChI=1S/C10H10IN/c1-7-3-4-9(11)8-5-6-12(2)10(7)8/h3-6H,1-2H3. The van der Waals surface area contributed by atoms with Crippen LogP contribution in [0.3, 0.4) is 0 Å². The smallest absolute Gasteiger partial charge is 0.0518 e. The molecule has 2 heteroatoms. The largest absolute Gasteiger partial charge is 0.350 e. The molecule has 62 valence electrons. The lowest BCUT2D eigenvalue weighted by atomic mass is 10.2. The molecule has 1 aromatic carbocycles. The molecule has 0 N–H and O–H groups in total. The fourth-order valence-electron chi connectivity index (χ4n) is 1.58. The van der Waals surface area contributed by atoms with Crippen molar-refractivity contribution in [3.8, 4) is 0 Å². The van der Waals surface area contributed by atoms with E-state index in [0.29, 0.717) is 0 Å². The van der Waals surface area contributed by atoms with Crippen molar-refractivity contribution in [3.05, 3.63) is 33.5 Å². The maximum Gasteiger partial charge on any atom is 0.0518 e. The third kappa shape index (κ3) is 1.05. The number of aryl methyl sites for hydroxylation is 2. The summed E-state index contributed by atoms with van der Waals surface area (Å²) in [4.78, 5) is 0. The van der Waals surface area contributed by atoms with Crippen molar-refractivity contribution < 1.29 is 0 Å². The Morgan fingerprint density at radius 2 is 2.00 bits per heavy atom. The van der Waals surface area contributed by atoms with E-state index in [9.17, 15) is 0 Å². The van der Waals surface area contributed by atoms with E-state index >= 15 is 0 Å². The quantitative estimate of drug-likeness (QED) is 0.649. The van der Waals surface area contributed by atoms with E-state index in [-0.39, 0.29) is 0 Å². The van der Waals surface area contributed by atoms with Gasteiger partial charge in [0.2, 0.25) is 0 Å². The second-order valence-electron chi connectivity index (χ2n) is 3.05. The van der Waals surface area contributed by atoms with Crippen molar-refractivity contribution >= 4 is 33.5 Å². The number of hydrogen-bond acceptors (Lipinski definition) is 0. The fraction of sp³-hybridized carbons (Fsp3) is 0.200. The molecule has 2 rings (SSSR count). The number of halogens is 1. The van der Waals surface area contributed by atoms with Gasteiger partial charge in [0, 0.05) is 22.2 Å². The zero-order valence-electron chi connectivity index (χ0n) is 7.13. The average Bonchev–Trinajstić information content (AvgIpc) is 2.42. The van der Waals surface area contributed by atoms with Gasteiger partial charge in [-0.2, -0.15) is 0 Å². The number of aromatic nitrogens is 1. The summed E-state index contributed by atoms with van der Waals surface area (Å²) < 4.78 is 3.50. The van der Waals surface area contributed by atoms with Crippen LogP contribution in [0.1, 0.15) is 5.56 Å². The van der Waals surface area contributed by atoms with E-state index in [4.69, 9.17) is 0 Å². The first kappa shape index (κ1) is 8.10. The lowest BCUT2D eigenvalue weighted by molar-refractivity contribution is 0.964. The van der Waals surface area contributed by atoms with E-state index in [1.165, 1.54) is 20.0 Å². The Kier molecular flexibility index (Phi) is 1.87. The van der Waals surface area contributed by atoms with Crippen LogP contribution in [0.25, 0.3) is 10.9 Å². The zero-order chi connectivity index (χ0) is 8.72. The Morgan fingerprint density at radius 3 is 2.67 bits per heavy atom. The maximum atomic E-state index is 2.37. The molecule has 0 aliphatic carbocycles. The number of hydrogen-bond donors (Lipinski definition) is 0. The number of rotatable bonds is 0. The summed E-state index contributed by atoms with van der Waals surface area (Å²) in [5, 5.41) is 1.36. The van der Waals surface area contributed by atoms with Gasteiger partial charge in [-0.25, -0.2) is 0 Å². The molecule has 0 amide bonds. The fourth-order valence-corrected chi connectivity index (χ4v) is 2.20. The van der Waals surface area contributed by atoms with E-state index < -0.39 is 0 Å². The highest BCUT2D eigenvalue weighted by atomic mass is 127. The summed E-state index contributed by atoms with van der Waals surface area (Å²) in [5.74, 6) is 0. The normalized spacial score (nSPS) is 10.9. The van der Waals surface area contributed by atoms with E-state index in [2.05, 4.69) is 65.5 Å². The minimum atomic E-state index is 1.33. The summed E-state index contributed by atoms with van der Waals surface area (Å²) in [6.45, 7) is 2.15. The van der Waals surface area contributed by atoms with Crippen molar-refractivity contribution in [3.63, 3.8) is 0 Å². The second-order valence-corrected chi connectivity index (χ2v) is 4.22. The summed E-state index contributed by atoms with van der Waals surface area (Å²) in [5.41, 5.74) is 2.69. The molecule has 0 saturated heterocycles. The monoisotopic (exact) mass is 271 g/mol. The van der Waals surface area contributed by atoms with Crippen LogP contribution in [0.5, 0.6) is 0 Å². The van der Waals surface area contributed by atoms with Crippen molar-refractivity contribution in [2.45, 2.75) is 6.92 Å². The van der Waals surface area contributed by atoms with Gasteiger partial charge in [-0.1, -0.05) is 6.07 Å². The van der Waals surface area contributed by atoms with Crippen LogP contribution in [0.15, 0.2) is 24.4 Å². The topological polar surface area (TPSA) is 4.93 Å². The van der Waals surface area contributed by atoms with Gasteiger partial charge in [-0.3, -0.25) is 0 Å². The first-order valence-electron chi connectivity index (χ1n) is 3.90. The third-order valence-corrected chi connectivity index (χ3v) is 3.12. The lowest BCUT2D eigenvalue weighted by Crippen LogP contribution is -1.87. The molecular formula is C10H10IN. The molecule has 0 bridgehead atoms. The van der Waals surface area contributed by atoms with Crippen LogP contribution in [0.2, 0.25) is 0 Å². The Bertz CT molecular complexity index is 429. The molecule has 1 nitrogen and oxygen atoms in total. The Hall–Kier alpha value is -0.510. The second kappa shape index (κ2) is 2.76. The molecular weight excluding hydrogens is 261 g/mol. The molecule has 0 unspecified atom stereocenters. The summed E-state index contributed by atoms with van der Waals surface area (Å²) in [7, 11) is 2.09. The Morgan fingerprint density at radius 1 is 1.25 bits per heavy atom. The number of nitrogens with zero attached hydrogens (tertiary/aromatic N) is 1. The molecule has 12 heavy (non-hydrogen) atoms. The molecule has 0 spiro atoms. The van der Waals surface area contributed by atoms with Gasteiger partial charge in [0.25, 0.3) is 0 Å². The third-order valence-electron chi connectivity index (χ3n) is 2.18. The number of fused-ring (bicyclic) bond motifs is 1. The van der Waals surface area contributed by atoms with Crippen LogP contribution < -0.4 is 0 Å². The van der Waals surface area contributed by atoms with Gasteiger partial charge in [0.15, 0.2) is 0 Å². The number of benzene rings is 1. The average molecular weight is 271 g/mol. The SMILES string of the molecule is Cc1ccc(I)c2ccn(C)c12. The molecule has 0 aliphatic rings. The van der Waals surface area contributed by atoms with Crippen LogP contribution >= 0.6 is 22.6 Å². The minimum absolute atomic E-state index is 1.33. The zero-order valence-corrected chi connectivity index (χ0v) is 9.29. The maximum absolute atomic E-state index is 2.37. The van der Waals surface area contributed by atoms with Gasteiger partial charge < -0.3 is 4.57 Å². The molecule has 1 aromatic heterocycles. The van der Waals surface area contributed by atoms with E-state index in [0.717, 1.165) is 0 Å². The lowest BCUT2D eigenvalue weighted by Gasteiger charge is -2.01. The van der Waals surface area contributed by atoms with Gasteiger partial charge in [-0.15, -0.1) is 0 Å². The van der Waals surface area contributed by atoms with Crippen molar-refractivity contribution in [2.24, 2.45) is 7.05 Å². The van der Waals surface area contributed by atoms with Crippen LogP contribution in [-0.4, -0.2) is 4.57 Å². The van der Waals surface area contributed by atoms with Gasteiger partial charge in [0.1, 0.15) is 0 Å². The first-order chi connectivity index (χ1) is 5.70.